The zero-order valence-corrected chi connectivity index (χ0v) is 15.3. The van der Waals surface area contributed by atoms with Gasteiger partial charge in [0.2, 0.25) is 5.91 Å². The summed E-state index contributed by atoms with van der Waals surface area (Å²) in [6.07, 6.45) is 0. The van der Waals surface area contributed by atoms with Crippen molar-refractivity contribution in [3.8, 4) is 0 Å². The van der Waals surface area contributed by atoms with E-state index in [0.29, 0.717) is 0 Å². The molecular formula is C20H24N2OS. The highest BCUT2D eigenvalue weighted by Crippen LogP contribution is 2.47. The van der Waals surface area contributed by atoms with Crippen molar-refractivity contribution in [2.45, 2.75) is 17.1 Å². The quantitative estimate of drug-likeness (QED) is 0.838. The lowest BCUT2D eigenvalue weighted by Gasteiger charge is -2.27. The van der Waals surface area contributed by atoms with Gasteiger partial charge < -0.3 is 9.80 Å². The van der Waals surface area contributed by atoms with Crippen LogP contribution in [-0.2, 0) is 4.79 Å². The summed E-state index contributed by atoms with van der Waals surface area (Å²) in [5.74, 6) is 0.148. The van der Waals surface area contributed by atoms with Crippen LogP contribution in [0.15, 0.2) is 59.5 Å². The van der Waals surface area contributed by atoms with Crippen LogP contribution in [0.4, 0.5) is 5.69 Å². The van der Waals surface area contributed by atoms with Crippen molar-refractivity contribution in [2.24, 2.45) is 5.92 Å². The molecule has 3 rings (SSSR count). The van der Waals surface area contributed by atoms with E-state index in [4.69, 9.17) is 0 Å². The number of amides is 1. The first-order valence-corrected chi connectivity index (χ1v) is 9.22. The van der Waals surface area contributed by atoms with E-state index < -0.39 is 0 Å². The molecule has 1 amide bonds. The molecule has 0 aliphatic carbocycles. The molecule has 0 saturated carbocycles. The van der Waals surface area contributed by atoms with Crippen LogP contribution in [0.1, 0.15) is 17.7 Å². The van der Waals surface area contributed by atoms with E-state index in [1.165, 1.54) is 10.5 Å². The molecular weight excluding hydrogens is 316 g/mol. The predicted molar refractivity (Wildman–Crippen MR) is 102 cm³/mol. The number of thioether (sulfide) groups is 1. The third-order valence-electron chi connectivity index (χ3n) is 4.42. The molecule has 0 N–H and O–H groups in total. The minimum atomic E-state index is -0.0630. The van der Waals surface area contributed by atoms with Gasteiger partial charge in [-0.25, -0.2) is 0 Å². The van der Waals surface area contributed by atoms with E-state index in [1.807, 2.05) is 43.3 Å². The third kappa shape index (κ3) is 3.50. The summed E-state index contributed by atoms with van der Waals surface area (Å²) < 4.78 is 0. The molecule has 24 heavy (non-hydrogen) atoms. The summed E-state index contributed by atoms with van der Waals surface area (Å²) in [5.41, 5.74) is 2.26. The molecule has 126 valence electrons. The third-order valence-corrected chi connectivity index (χ3v) is 5.95. The second-order valence-corrected chi connectivity index (χ2v) is 7.68. The number of rotatable bonds is 4. The molecule has 0 fully saturated rings. The Bertz CT molecular complexity index is 702. The molecule has 4 heteroatoms. The maximum absolute atomic E-state index is 13.2. The van der Waals surface area contributed by atoms with Gasteiger partial charge in [0.1, 0.15) is 0 Å². The second kappa shape index (κ2) is 7.41. The van der Waals surface area contributed by atoms with Crippen molar-refractivity contribution in [1.82, 2.24) is 4.90 Å². The number of anilines is 1. The Labute approximate surface area is 148 Å². The standard InChI is InChI=1S/C20H24N2OS/c1-15-19(16-9-5-4-6-10-16)24-18-12-8-7-11-17(18)22(20(15)23)14-13-21(2)3/h4-12,15,19H,13-14H2,1-3H3/t15-,19+/m1/s1. The maximum atomic E-state index is 13.2. The highest BCUT2D eigenvalue weighted by molar-refractivity contribution is 7.99. The monoisotopic (exact) mass is 340 g/mol. The number of likely N-dealkylation sites (N-methyl/N-ethyl adjacent to an activating group) is 1. The van der Waals surface area contributed by atoms with Gasteiger partial charge in [0.25, 0.3) is 0 Å². The lowest BCUT2D eigenvalue weighted by molar-refractivity contribution is -0.121. The smallest absolute Gasteiger partial charge is 0.231 e. The first-order chi connectivity index (χ1) is 11.6. The Morgan fingerprint density at radius 2 is 1.71 bits per heavy atom. The summed E-state index contributed by atoms with van der Waals surface area (Å²) in [7, 11) is 4.08. The molecule has 3 nitrogen and oxygen atoms in total. The highest BCUT2D eigenvalue weighted by atomic mass is 32.2. The Balaban J connectivity index is 1.99. The van der Waals surface area contributed by atoms with Gasteiger partial charge >= 0.3 is 0 Å². The van der Waals surface area contributed by atoms with Crippen LogP contribution in [-0.4, -0.2) is 38.0 Å². The molecule has 0 bridgehead atoms. The zero-order chi connectivity index (χ0) is 17.1. The molecule has 0 aromatic heterocycles. The largest absolute Gasteiger partial charge is 0.310 e. The van der Waals surface area contributed by atoms with Crippen LogP contribution in [0.25, 0.3) is 0 Å². The van der Waals surface area contributed by atoms with E-state index >= 15 is 0 Å². The second-order valence-electron chi connectivity index (χ2n) is 6.50. The first-order valence-electron chi connectivity index (χ1n) is 8.34. The molecule has 2 aromatic rings. The summed E-state index contributed by atoms with van der Waals surface area (Å²) in [4.78, 5) is 18.5. The van der Waals surface area contributed by atoms with E-state index in [9.17, 15) is 4.79 Å². The minimum Gasteiger partial charge on any atom is -0.310 e. The predicted octanol–water partition coefficient (Wildman–Crippen LogP) is 4.06. The van der Waals surface area contributed by atoms with Gasteiger partial charge in [-0.15, -0.1) is 11.8 Å². The van der Waals surface area contributed by atoms with Crippen molar-refractivity contribution >= 4 is 23.4 Å². The normalized spacial score (nSPS) is 20.8. The van der Waals surface area contributed by atoms with Crippen LogP contribution in [0.3, 0.4) is 0 Å². The fraction of sp³-hybridized carbons (Fsp3) is 0.350. The highest BCUT2D eigenvalue weighted by Gasteiger charge is 2.35. The zero-order valence-electron chi connectivity index (χ0n) is 14.5. The van der Waals surface area contributed by atoms with Gasteiger partial charge in [0.15, 0.2) is 0 Å². The van der Waals surface area contributed by atoms with Crippen molar-refractivity contribution in [2.75, 3.05) is 32.1 Å². The van der Waals surface area contributed by atoms with Gasteiger partial charge in [-0.1, -0.05) is 49.4 Å². The van der Waals surface area contributed by atoms with Crippen molar-refractivity contribution in [3.63, 3.8) is 0 Å². The molecule has 2 aromatic carbocycles. The van der Waals surface area contributed by atoms with Crippen molar-refractivity contribution in [3.05, 3.63) is 60.2 Å². The minimum absolute atomic E-state index is 0.0630. The Kier molecular flexibility index (Phi) is 5.27. The van der Waals surface area contributed by atoms with E-state index in [2.05, 4.69) is 42.2 Å². The molecule has 0 saturated heterocycles. The fourth-order valence-electron chi connectivity index (χ4n) is 3.04. The number of carbonyl (C=O) groups is 1. The number of hydrogen-bond acceptors (Lipinski definition) is 3. The fourth-order valence-corrected chi connectivity index (χ4v) is 4.39. The number of carbonyl (C=O) groups excluding carboxylic acids is 1. The molecule has 2 atom stereocenters. The van der Waals surface area contributed by atoms with Crippen LogP contribution >= 0.6 is 11.8 Å². The number of para-hydroxylation sites is 1. The SMILES string of the molecule is C[C@H]1C(=O)N(CCN(C)C)c2ccccc2S[C@@H]1c1ccccc1. The Hall–Kier alpha value is -1.78. The van der Waals surface area contributed by atoms with Crippen LogP contribution in [0.2, 0.25) is 0 Å². The topological polar surface area (TPSA) is 23.6 Å². The number of benzene rings is 2. The molecule has 0 radical (unpaired) electrons. The van der Waals surface area contributed by atoms with E-state index in [0.717, 1.165) is 18.8 Å². The first kappa shape index (κ1) is 17.1. The van der Waals surface area contributed by atoms with Gasteiger partial charge in [0, 0.05) is 23.2 Å². The Morgan fingerprint density at radius 3 is 2.42 bits per heavy atom. The molecule has 0 spiro atoms. The average molecular weight is 340 g/mol. The molecule has 1 aliphatic rings. The van der Waals surface area contributed by atoms with Crippen LogP contribution in [0, 0.1) is 5.92 Å². The van der Waals surface area contributed by atoms with E-state index in [1.54, 1.807) is 11.8 Å². The van der Waals surface area contributed by atoms with Crippen LogP contribution < -0.4 is 4.90 Å². The summed E-state index contributed by atoms with van der Waals surface area (Å²) in [5, 5.41) is 0.143. The van der Waals surface area contributed by atoms with Crippen LogP contribution in [0.5, 0.6) is 0 Å². The summed E-state index contributed by atoms with van der Waals surface area (Å²) in [6.45, 7) is 3.63. The van der Waals surface area contributed by atoms with Gasteiger partial charge in [0.05, 0.1) is 11.6 Å². The average Bonchev–Trinajstić information content (AvgIpc) is 2.70. The summed E-state index contributed by atoms with van der Waals surface area (Å²) in [6, 6.07) is 18.6. The lowest BCUT2D eigenvalue weighted by Crippen LogP contribution is -2.40. The van der Waals surface area contributed by atoms with Gasteiger partial charge in [-0.05, 0) is 31.8 Å². The lowest BCUT2D eigenvalue weighted by atomic mass is 9.99. The molecule has 1 aliphatic heterocycles. The number of fused-ring (bicyclic) bond motifs is 1. The van der Waals surface area contributed by atoms with Gasteiger partial charge in [-0.3, -0.25) is 4.79 Å². The molecule has 0 unspecified atom stereocenters. The Morgan fingerprint density at radius 1 is 1.04 bits per heavy atom. The number of nitrogens with zero attached hydrogens (tertiary/aromatic N) is 2. The van der Waals surface area contributed by atoms with Crippen molar-refractivity contribution < 1.29 is 4.79 Å². The van der Waals surface area contributed by atoms with Gasteiger partial charge in [-0.2, -0.15) is 0 Å². The number of hydrogen-bond donors (Lipinski definition) is 0. The summed E-state index contributed by atoms with van der Waals surface area (Å²) >= 11 is 1.80. The van der Waals surface area contributed by atoms with E-state index in [-0.39, 0.29) is 17.1 Å². The van der Waals surface area contributed by atoms with Crippen molar-refractivity contribution in [1.29, 1.82) is 0 Å². The molecule has 1 heterocycles. The maximum Gasteiger partial charge on any atom is 0.231 e.